The molecule has 1 rings (SSSR count). The number of hydrogen-bond donors (Lipinski definition) is 1. The van der Waals surface area contributed by atoms with Crippen LogP contribution in [0.4, 0.5) is 0 Å². The monoisotopic (exact) mass is 230 g/mol. The van der Waals surface area contributed by atoms with Gasteiger partial charge >= 0.3 is 0 Å². The highest BCUT2D eigenvalue weighted by Gasteiger charge is 2.18. The van der Waals surface area contributed by atoms with Gasteiger partial charge in [0.05, 0.1) is 5.75 Å². The molecule has 0 aliphatic carbocycles. The second-order valence-corrected chi connectivity index (χ2v) is 5.41. The van der Waals surface area contributed by atoms with E-state index in [-0.39, 0.29) is 11.8 Å². The van der Waals surface area contributed by atoms with Crippen LogP contribution in [0.25, 0.3) is 0 Å². The highest BCUT2D eigenvalue weighted by Crippen LogP contribution is 2.10. The van der Waals surface area contributed by atoms with Gasteiger partial charge in [0, 0.05) is 26.1 Å². The molecule has 4 nitrogen and oxygen atoms in total. The lowest BCUT2D eigenvalue weighted by atomic mass is 10.4. The van der Waals surface area contributed by atoms with Crippen LogP contribution in [0, 0.1) is 0 Å². The summed E-state index contributed by atoms with van der Waals surface area (Å²) in [5.74, 6) is 0.707. The Hall–Kier alpha value is -0.710. The number of amides is 2. The van der Waals surface area contributed by atoms with Crippen LogP contribution < -0.4 is 5.32 Å². The van der Waals surface area contributed by atoms with Crippen LogP contribution in [0.3, 0.4) is 0 Å². The van der Waals surface area contributed by atoms with Gasteiger partial charge in [0.1, 0.15) is 0 Å². The Balaban J connectivity index is 2.35. The largest absolute Gasteiger partial charge is 0.354 e. The molecule has 86 valence electrons. The minimum atomic E-state index is 0.0433. The summed E-state index contributed by atoms with van der Waals surface area (Å²) in [4.78, 5) is 24.6. The maximum absolute atomic E-state index is 11.7. The number of rotatable bonds is 3. The van der Waals surface area contributed by atoms with Crippen LogP contribution in [0.5, 0.6) is 0 Å². The number of carbonyl (C=O) groups is 2. The van der Waals surface area contributed by atoms with E-state index in [9.17, 15) is 9.59 Å². The molecular formula is C10H18N2O2S. The maximum atomic E-state index is 11.7. The standard InChI is InChI=1S/C10H18N2O2S/c1-8(2)15-7-10(14)12-5-3-9(13)11-4-6-12/h8H,3-7H2,1-2H3,(H,11,13). The first-order valence-electron chi connectivity index (χ1n) is 5.25. The molecule has 0 aromatic heterocycles. The lowest BCUT2D eigenvalue weighted by molar-refractivity contribution is -0.128. The van der Waals surface area contributed by atoms with E-state index in [1.165, 1.54) is 0 Å². The van der Waals surface area contributed by atoms with E-state index < -0.39 is 0 Å². The van der Waals surface area contributed by atoms with E-state index in [1.54, 1.807) is 16.7 Å². The predicted octanol–water partition coefficient (Wildman–Crippen LogP) is 0.476. The summed E-state index contributed by atoms with van der Waals surface area (Å²) in [6.45, 7) is 5.93. The molecule has 0 radical (unpaired) electrons. The highest BCUT2D eigenvalue weighted by atomic mass is 32.2. The van der Waals surface area contributed by atoms with Gasteiger partial charge in [0.15, 0.2) is 0 Å². The highest BCUT2D eigenvalue weighted by molar-refractivity contribution is 8.00. The smallest absolute Gasteiger partial charge is 0.232 e. The van der Waals surface area contributed by atoms with Gasteiger partial charge in [-0.2, -0.15) is 0 Å². The molecule has 1 aliphatic heterocycles. The Morgan fingerprint density at radius 3 is 2.93 bits per heavy atom. The molecule has 1 fully saturated rings. The van der Waals surface area contributed by atoms with Gasteiger partial charge < -0.3 is 10.2 Å². The molecule has 1 aliphatic rings. The van der Waals surface area contributed by atoms with Crippen molar-refractivity contribution in [2.24, 2.45) is 0 Å². The molecule has 5 heteroatoms. The maximum Gasteiger partial charge on any atom is 0.232 e. The molecule has 0 aromatic rings. The van der Waals surface area contributed by atoms with Crippen LogP contribution in [0.1, 0.15) is 20.3 Å². The zero-order valence-electron chi connectivity index (χ0n) is 9.28. The summed E-state index contributed by atoms with van der Waals surface area (Å²) in [7, 11) is 0. The Bertz CT molecular complexity index is 244. The van der Waals surface area contributed by atoms with E-state index >= 15 is 0 Å². The molecule has 0 atom stereocenters. The summed E-state index contributed by atoms with van der Waals surface area (Å²) < 4.78 is 0. The van der Waals surface area contributed by atoms with Crippen LogP contribution in [0.2, 0.25) is 0 Å². The fourth-order valence-electron chi connectivity index (χ4n) is 1.35. The molecule has 0 spiro atoms. The minimum absolute atomic E-state index is 0.0433. The van der Waals surface area contributed by atoms with Crippen molar-refractivity contribution in [3.05, 3.63) is 0 Å². The summed E-state index contributed by atoms with van der Waals surface area (Å²) in [5.41, 5.74) is 0. The van der Waals surface area contributed by atoms with Crippen molar-refractivity contribution >= 4 is 23.6 Å². The molecule has 1 heterocycles. The fraction of sp³-hybridized carbons (Fsp3) is 0.800. The Morgan fingerprint density at radius 2 is 2.27 bits per heavy atom. The quantitative estimate of drug-likeness (QED) is 0.767. The average Bonchev–Trinajstić information content (AvgIpc) is 2.39. The van der Waals surface area contributed by atoms with E-state index in [0.29, 0.717) is 37.1 Å². The Kier molecular flexibility index (Phi) is 4.94. The van der Waals surface area contributed by atoms with Crippen LogP contribution in [-0.2, 0) is 9.59 Å². The van der Waals surface area contributed by atoms with Crippen molar-refractivity contribution in [1.29, 1.82) is 0 Å². The second-order valence-electron chi connectivity index (χ2n) is 3.84. The average molecular weight is 230 g/mol. The molecule has 0 aromatic carbocycles. The van der Waals surface area contributed by atoms with E-state index in [2.05, 4.69) is 19.2 Å². The van der Waals surface area contributed by atoms with Gasteiger partial charge in [0.25, 0.3) is 0 Å². The molecule has 0 unspecified atom stereocenters. The number of thioether (sulfide) groups is 1. The summed E-state index contributed by atoms with van der Waals surface area (Å²) >= 11 is 1.64. The molecule has 0 saturated carbocycles. The van der Waals surface area contributed by atoms with Crippen molar-refractivity contribution in [3.63, 3.8) is 0 Å². The van der Waals surface area contributed by atoms with Gasteiger partial charge in [-0.25, -0.2) is 0 Å². The van der Waals surface area contributed by atoms with Crippen LogP contribution in [-0.4, -0.2) is 47.4 Å². The second kappa shape index (κ2) is 6.00. The molecule has 1 saturated heterocycles. The normalized spacial score (nSPS) is 17.5. The van der Waals surface area contributed by atoms with Gasteiger partial charge in [0.2, 0.25) is 11.8 Å². The van der Waals surface area contributed by atoms with Crippen molar-refractivity contribution < 1.29 is 9.59 Å². The van der Waals surface area contributed by atoms with Gasteiger partial charge in [-0.05, 0) is 5.25 Å². The topological polar surface area (TPSA) is 49.4 Å². The fourth-order valence-corrected chi connectivity index (χ4v) is 2.00. The summed E-state index contributed by atoms with van der Waals surface area (Å²) in [6, 6.07) is 0. The van der Waals surface area contributed by atoms with Crippen molar-refractivity contribution in [3.8, 4) is 0 Å². The molecule has 1 N–H and O–H groups in total. The molecular weight excluding hydrogens is 212 g/mol. The number of hydrogen-bond acceptors (Lipinski definition) is 3. The van der Waals surface area contributed by atoms with Crippen LogP contribution >= 0.6 is 11.8 Å². The number of nitrogens with one attached hydrogen (secondary N) is 1. The summed E-state index contributed by atoms with van der Waals surface area (Å²) in [6.07, 6.45) is 0.429. The van der Waals surface area contributed by atoms with Crippen LogP contribution in [0.15, 0.2) is 0 Å². The van der Waals surface area contributed by atoms with E-state index in [1.807, 2.05) is 0 Å². The van der Waals surface area contributed by atoms with Gasteiger partial charge in [-0.3, -0.25) is 9.59 Å². The third-order valence-electron chi connectivity index (χ3n) is 2.21. The van der Waals surface area contributed by atoms with Crippen molar-refractivity contribution in [1.82, 2.24) is 10.2 Å². The lowest BCUT2D eigenvalue weighted by Crippen LogP contribution is -2.35. The Labute approximate surface area is 94.8 Å². The first kappa shape index (κ1) is 12.4. The third-order valence-corrected chi connectivity index (χ3v) is 3.29. The molecule has 0 bridgehead atoms. The van der Waals surface area contributed by atoms with Gasteiger partial charge in [-0.15, -0.1) is 11.8 Å². The SMILES string of the molecule is CC(C)SCC(=O)N1CCNC(=O)CC1. The molecule has 15 heavy (non-hydrogen) atoms. The zero-order valence-corrected chi connectivity index (χ0v) is 10.1. The minimum Gasteiger partial charge on any atom is -0.354 e. The number of carbonyl (C=O) groups excluding carboxylic acids is 2. The zero-order chi connectivity index (χ0) is 11.3. The van der Waals surface area contributed by atoms with E-state index in [4.69, 9.17) is 0 Å². The van der Waals surface area contributed by atoms with Crippen molar-refractivity contribution in [2.75, 3.05) is 25.4 Å². The first-order chi connectivity index (χ1) is 7.09. The first-order valence-corrected chi connectivity index (χ1v) is 6.30. The van der Waals surface area contributed by atoms with Gasteiger partial charge in [-0.1, -0.05) is 13.8 Å². The number of nitrogens with zero attached hydrogens (tertiary/aromatic N) is 1. The lowest BCUT2D eigenvalue weighted by Gasteiger charge is -2.19. The predicted molar refractivity (Wildman–Crippen MR) is 61.8 cm³/mol. The third kappa shape index (κ3) is 4.55. The van der Waals surface area contributed by atoms with Crippen molar-refractivity contribution in [2.45, 2.75) is 25.5 Å². The Morgan fingerprint density at radius 1 is 1.53 bits per heavy atom. The van der Waals surface area contributed by atoms with E-state index in [0.717, 1.165) is 0 Å². The summed E-state index contributed by atoms with van der Waals surface area (Å²) in [5, 5.41) is 3.23. The molecule has 2 amide bonds.